The number of thiophene rings is 1. The van der Waals surface area contributed by atoms with Gasteiger partial charge < -0.3 is 5.32 Å². The van der Waals surface area contributed by atoms with E-state index in [1.54, 1.807) is 0 Å². The maximum atomic E-state index is 3.53. The van der Waals surface area contributed by atoms with Gasteiger partial charge in [-0.1, -0.05) is 24.3 Å². The van der Waals surface area contributed by atoms with Gasteiger partial charge in [-0.15, -0.1) is 11.3 Å². The van der Waals surface area contributed by atoms with E-state index in [2.05, 4.69) is 56.5 Å². The molecule has 94 valence electrons. The van der Waals surface area contributed by atoms with Gasteiger partial charge in [-0.2, -0.15) is 0 Å². The fourth-order valence-corrected chi connectivity index (χ4v) is 4.29. The van der Waals surface area contributed by atoms with E-state index in [1.807, 2.05) is 11.3 Å². The molecular weight excluding hydrogens is 238 g/mol. The summed E-state index contributed by atoms with van der Waals surface area (Å²) in [5.74, 6) is 0.642. The van der Waals surface area contributed by atoms with Crippen molar-refractivity contribution in [2.45, 2.75) is 32.2 Å². The molecule has 1 nitrogen and oxygen atoms in total. The minimum atomic E-state index is 0.471. The third-order valence-electron chi connectivity index (χ3n) is 3.97. The topological polar surface area (TPSA) is 12.0 Å². The molecule has 1 aromatic heterocycles. The molecule has 2 atom stereocenters. The average molecular weight is 257 g/mol. The van der Waals surface area contributed by atoms with E-state index in [4.69, 9.17) is 0 Å². The number of nitrogens with one attached hydrogen (secondary N) is 1. The molecule has 0 saturated carbocycles. The van der Waals surface area contributed by atoms with E-state index in [9.17, 15) is 0 Å². The second kappa shape index (κ2) is 4.52. The van der Waals surface area contributed by atoms with Crippen LogP contribution in [0.25, 0.3) is 0 Å². The van der Waals surface area contributed by atoms with Crippen molar-refractivity contribution in [3.05, 3.63) is 56.8 Å². The van der Waals surface area contributed by atoms with Crippen LogP contribution in [0.3, 0.4) is 0 Å². The first-order valence-electron chi connectivity index (χ1n) is 6.52. The van der Waals surface area contributed by atoms with Gasteiger partial charge in [0, 0.05) is 21.7 Å². The van der Waals surface area contributed by atoms with Crippen LogP contribution >= 0.6 is 11.3 Å². The van der Waals surface area contributed by atoms with Gasteiger partial charge in [0.05, 0.1) is 0 Å². The van der Waals surface area contributed by atoms with Crippen LogP contribution in [0.1, 0.15) is 38.4 Å². The predicted molar refractivity (Wildman–Crippen MR) is 78.5 cm³/mol. The van der Waals surface area contributed by atoms with Crippen molar-refractivity contribution in [3.63, 3.8) is 0 Å². The molecule has 1 aliphatic carbocycles. The van der Waals surface area contributed by atoms with E-state index < -0.39 is 0 Å². The van der Waals surface area contributed by atoms with Crippen LogP contribution in [0.4, 0.5) is 0 Å². The molecule has 1 aliphatic rings. The molecule has 2 heteroatoms. The normalized spacial score (nSPS) is 19.2. The molecule has 1 heterocycles. The lowest BCUT2D eigenvalue weighted by molar-refractivity contribution is 0.443. The Kier molecular flexibility index (Phi) is 3.00. The molecule has 0 spiro atoms. The van der Waals surface area contributed by atoms with Crippen molar-refractivity contribution in [1.29, 1.82) is 0 Å². The van der Waals surface area contributed by atoms with E-state index in [0.29, 0.717) is 12.0 Å². The second-order valence-electron chi connectivity index (χ2n) is 5.18. The number of aryl methyl sites for hydroxylation is 2. The molecule has 18 heavy (non-hydrogen) atoms. The van der Waals surface area contributed by atoms with E-state index in [1.165, 1.54) is 32.9 Å². The van der Waals surface area contributed by atoms with Crippen LogP contribution < -0.4 is 5.32 Å². The molecule has 1 N–H and O–H groups in total. The summed E-state index contributed by atoms with van der Waals surface area (Å²) in [6.45, 7) is 4.43. The summed E-state index contributed by atoms with van der Waals surface area (Å²) in [4.78, 5) is 2.92. The zero-order valence-corrected chi connectivity index (χ0v) is 12.0. The summed E-state index contributed by atoms with van der Waals surface area (Å²) >= 11 is 1.94. The molecule has 3 rings (SSSR count). The van der Waals surface area contributed by atoms with E-state index >= 15 is 0 Å². The Morgan fingerprint density at radius 3 is 2.67 bits per heavy atom. The standard InChI is InChI=1S/C16H19NS/c1-10-8-11(2)18-16(10)15(17-3)14-9-12-6-4-5-7-13(12)14/h4-8,14-15,17H,9H2,1-3H3. The van der Waals surface area contributed by atoms with Crippen molar-refractivity contribution in [2.75, 3.05) is 7.05 Å². The van der Waals surface area contributed by atoms with Gasteiger partial charge in [-0.25, -0.2) is 0 Å². The predicted octanol–water partition coefficient (Wildman–Crippen LogP) is 3.97. The Labute approximate surface area is 113 Å². The lowest BCUT2D eigenvalue weighted by Gasteiger charge is -2.36. The smallest absolute Gasteiger partial charge is 0.0488 e. The summed E-state index contributed by atoms with van der Waals surface area (Å²) in [5, 5.41) is 3.53. The maximum Gasteiger partial charge on any atom is 0.0488 e. The highest BCUT2D eigenvalue weighted by Crippen LogP contribution is 2.45. The monoisotopic (exact) mass is 257 g/mol. The third-order valence-corrected chi connectivity index (χ3v) is 5.21. The Morgan fingerprint density at radius 2 is 2.06 bits per heavy atom. The zero-order valence-electron chi connectivity index (χ0n) is 11.2. The molecule has 0 radical (unpaired) electrons. The van der Waals surface area contributed by atoms with Crippen molar-refractivity contribution >= 4 is 11.3 Å². The van der Waals surface area contributed by atoms with E-state index in [-0.39, 0.29) is 0 Å². The summed E-state index contributed by atoms with van der Waals surface area (Å²) in [6.07, 6.45) is 1.21. The summed E-state index contributed by atoms with van der Waals surface area (Å²) in [7, 11) is 2.08. The third kappa shape index (κ3) is 1.80. The number of benzene rings is 1. The number of rotatable bonds is 3. The largest absolute Gasteiger partial charge is 0.312 e. The fraction of sp³-hybridized carbons (Fsp3) is 0.375. The van der Waals surface area contributed by atoms with Gasteiger partial charge in [0.25, 0.3) is 0 Å². The lowest BCUT2D eigenvalue weighted by atomic mass is 9.73. The highest BCUT2D eigenvalue weighted by molar-refractivity contribution is 7.12. The Hall–Kier alpha value is -1.12. The number of fused-ring (bicyclic) bond motifs is 1. The first-order chi connectivity index (χ1) is 8.70. The Balaban J connectivity index is 1.94. The van der Waals surface area contributed by atoms with Crippen LogP contribution in [0.2, 0.25) is 0 Å². The molecule has 2 aromatic rings. The van der Waals surface area contributed by atoms with Crippen LogP contribution in [0.5, 0.6) is 0 Å². The minimum Gasteiger partial charge on any atom is -0.312 e. The highest BCUT2D eigenvalue weighted by Gasteiger charge is 2.34. The van der Waals surface area contributed by atoms with Gasteiger partial charge >= 0.3 is 0 Å². The zero-order chi connectivity index (χ0) is 12.7. The van der Waals surface area contributed by atoms with Gasteiger partial charge in [0.1, 0.15) is 0 Å². The van der Waals surface area contributed by atoms with Gasteiger partial charge in [-0.3, -0.25) is 0 Å². The van der Waals surface area contributed by atoms with Crippen LogP contribution in [-0.4, -0.2) is 7.05 Å². The van der Waals surface area contributed by atoms with E-state index in [0.717, 1.165) is 0 Å². The van der Waals surface area contributed by atoms with Gasteiger partial charge in [-0.05, 0) is 50.1 Å². The SMILES string of the molecule is CNC(c1sc(C)cc1C)C1Cc2ccccc21. The second-order valence-corrected chi connectivity index (χ2v) is 6.47. The first kappa shape index (κ1) is 11.9. The highest BCUT2D eigenvalue weighted by atomic mass is 32.1. The Morgan fingerprint density at radius 1 is 1.28 bits per heavy atom. The van der Waals surface area contributed by atoms with Crippen LogP contribution in [-0.2, 0) is 6.42 Å². The molecule has 0 saturated heterocycles. The van der Waals surface area contributed by atoms with Crippen molar-refractivity contribution in [3.8, 4) is 0 Å². The number of hydrogen-bond acceptors (Lipinski definition) is 2. The average Bonchev–Trinajstić information content (AvgIpc) is 2.65. The van der Waals surface area contributed by atoms with Crippen molar-refractivity contribution < 1.29 is 0 Å². The summed E-state index contributed by atoms with van der Waals surface area (Å²) in [5.41, 5.74) is 4.48. The quantitative estimate of drug-likeness (QED) is 0.877. The van der Waals surface area contributed by atoms with Crippen molar-refractivity contribution in [2.24, 2.45) is 0 Å². The number of hydrogen-bond donors (Lipinski definition) is 1. The van der Waals surface area contributed by atoms with Gasteiger partial charge in [0.15, 0.2) is 0 Å². The molecular formula is C16H19NS. The maximum absolute atomic E-state index is 3.53. The molecule has 0 aliphatic heterocycles. The molecule has 0 amide bonds. The summed E-state index contributed by atoms with van der Waals surface area (Å²) in [6, 6.07) is 11.6. The van der Waals surface area contributed by atoms with Gasteiger partial charge in [0.2, 0.25) is 0 Å². The molecule has 0 fully saturated rings. The molecule has 1 aromatic carbocycles. The molecule has 2 unspecified atom stereocenters. The fourth-order valence-electron chi connectivity index (χ4n) is 3.08. The van der Waals surface area contributed by atoms with Crippen LogP contribution in [0.15, 0.2) is 30.3 Å². The molecule has 0 bridgehead atoms. The number of likely N-dealkylation sites (N-methyl/N-ethyl adjacent to an activating group) is 1. The van der Waals surface area contributed by atoms with Crippen LogP contribution in [0, 0.1) is 13.8 Å². The summed E-state index contributed by atoms with van der Waals surface area (Å²) < 4.78 is 0. The van der Waals surface area contributed by atoms with Crippen molar-refractivity contribution in [1.82, 2.24) is 5.32 Å². The minimum absolute atomic E-state index is 0.471. The first-order valence-corrected chi connectivity index (χ1v) is 7.34. The Bertz CT molecular complexity index is 570. The lowest BCUT2D eigenvalue weighted by Crippen LogP contribution is -2.31.